The molecular formula is C18H24N4OS. The van der Waals surface area contributed by atoms with Crippen molar-refractivity contribution < 1.29 is 4.79 Å². The molecule has 1 aliphatic rings. The van der Waals surface area contributed by atoms with Gasteiger partial charge in [-0.3, -0.25) is 4.79 Å². The van der Waals surface area contributed by atoms with Crippen molar-refractivity contribution in [3.05, 3.63) is 41.7 Å². The zero-order chi connectivity index (χ0) is 16.9. The van der Waals surface area contributed by atoms with Gasteiger partial charge >= 0.3 is 0 Å². The van der Waals surface area contributed by atoms with Crippen molar-refractivity contribution in [3.63, 3.8) is 0 Å². The van der Waals surface area contributed by atoms with Crippen LogP contribution >= 0.6 is 11.5 Å². The second-order valence-corrected chi connectivity index (χ2v) is 7.06. The van der Waals surface area contributed by atoms with E-state index in [9.17, 15) is 4.79 Å². The third-order valence-electron chi connectivity index (χ3n) is 4.46. The molecule has 0 saturated carbocycles. The lowest BCUT2D eigenvalue weighted by Gasteiger charge is -2.24. The molecule has 128 valence electrons. The van der Waals surface area contributed by atoms with Crippen molar-refractivity contribution in [3.8, 4) is 0 Å². The lowest BCUT2D eigenvalue weighted by molar-refractivity contribution is -0.122. The number of amides is 1. The topological polar surface area (TPSA) is 58.1 Å². The summed E-state index contributed by atoms with van der Waals surface area (Å²) in [6.07, 6.45) is 3.58. The number of nitrogens with one attached hydrogen (secondary N) is 1. The molecule has 5 nitrogen and oxygen atoms in total. The van der Waals surface area contributed by atoms with Gasteiger partial charge in [0.25, 0.3) is 0 Å². The fourth-order valence-corrected chi connectivity index (χ4v) is 3.68. The fourth-order valence-electron chi connectivity index (χ4n) is 2.92. The SMILES string of the molecule is CC[C@H](C)NC(=O)[C@@H]1CCCN1c1nc(Cc2ccccc2)ns1. The highest BCUT2D eigenvalue weighted by Crippen LogP contribution is 2.27. The highest BCUT2D eigenvalue weighted by Gasteiger charge is 2.33. The smallest absolute Gasteiger partial charge is 0.242 e. The summed E-state index contributed by atoms with van der Waals surface area (Å²) in [5.74, 6) is 0.941. The van der Waals surface area contributed by atoms with Gasteiger partial charge in [-0.2, -0.15) is 4.37 Å². The zero-order valence-electron chi connectivity index (χ0n) is 14.2. The number of hydrogen-bond acceptors (Lipinski definition) is 5. The first-order chi connectivity index (χ1) is 11.7. The van der Waals surface area contributed by atoms with Crippen LogP contribution in [0.5, 0.6) is 0 Å². The molecule has 1 saturated heterocycles. The van der Waals surface area contributed by atoms with Crippen molar-refractivity contribution >= 4 is 22.6 Å². The van der Waals surface area contributed by atoms with E-state index in [1.54, 1.807) is 0 Å². The van der Waals surface area contributed by atoms with Crippen LogP contribution in [0.25, 0.3) is 0 Å². The predicted molar refractivity (Wildman–Crippen MR) is 97.4 cm³/mol. The standard InChI is InChI=1S/C18H24N4OS/c1-3-13(2)19-17(23)15-10-7-11-22(15)18-20-16(21-24-18)12-14-8-5-4-6-9-14/h4-6,8-9,13,15H,3,7,10-12H2,1-2H3,(H,19,23)/t13-,15-/m0/s1. The van der Waals surface area contributed by atoms with Gasteiger partial charge in [0.15, 0.2) is 0 Å². The van der Waals surface area contributed by atoms with Crippen LogP contribution in [0.4, 0.5) is 5.13 Å². The van der Waals surface area contributed by atoms with Gasteiger partial charge in [-0.15, -0.1) is 0 Å². The highest BCUT2D eigenvalue weighted by atomic mass is 32.1. The first-order valence-electron chi connectivity index (χ1n) is 8.61. The number of anilines is 1. The molecule has 0 unspecified atom stereocenters. The molecule has 1 fully saturated rings. The molecule has 1 amide bonds. The van der Waals surface area contributed by atoms with Crippen molar-refractivity contribution in [1.82, 2.24) is 14.7 Å². The molecule has 2 aromatic rings. The monoisotopic (exact) mass is 344 g/mol. The summed E-state index contributed by atoms with van der Waals surface area (Å²) in [5.41, 5.74) is 1.20. The molecular weight excluding hydrogens is 320 g/mol. The summed E-state index contributed by atoms with van der Waals surface area (Å²) < 4.78 is 4.48. The summed E-state index contributed by atoms with van der Waals surface area (Å²) in [5, 5.41) is 3.96. The predicted octanol–water partition coefficient (Wildman–Crippen LogP) is 3.01. The first kappa shape index (κ1) is 16.9. The van der Waals surface area contributed by atoms with E-state index in [2.05, 4.69) is 38.6 Å². The summed E-state index contributed by atoms with van der Waals surface area (Å²) in [4.78, 5) is 19.3. The lowest BCUT2D eigenvalue weighted by Crippen LogP contribution is -2.46. The molecule has 0 aliphatic carbocycles. The minimum atomic E-state index is -0.114. The molecule has 2 atom stereocenters. The molecule has 1 N–H and O–H groups in total. The van der Waals surface area contributed by atoms with Crippen LogP contribution in [0.1, 0.15) is 44.5 Å². The minimum absolute atomic E-state index is 0.113. The van der Waals surface area contributed by atoms with E-state index in [1.165, 1.54) is 17.1 Å². The molecule has 1 aliphatic heterocycles. The van der Waals surface area contributed by atoms with Crippen molar-refractivity contribution in [2.24, 2.45) is 0 Å². The third kappa shape index (κ3) is 3.93. The van der Waals surface area contributed by atoms with E-state index in [-0.39, 0.29) is 18.0 Å². The summed E-state index contributed by atoms with van der Waals surface area (Å²) in [6, 6.07) is 10.3. The van der Waals surface area contributed by atoms with Crippen LogP contribution in [-0.2, 0) is 11.2 Å². The second kappa shape index (κ2) is 7.75. The summed E-state index contributed by atoms with van der Waals surface area (Å²) in [6.45, 7) is 5.00. The van der Waals surface area contributed by atoms with Crippen molar-refractivity contribution in [2.75, 3.05) is 11.4 Å². The van der Waals surface area contributed by atoms with E-state index in [0.29, 0.717) is 0 Å². The van der Waals surface area contributed by atoms with Gasteiger partial charge in [0, 0.05) is 30.5 Å². The van der Waals surface area contributed by atoms with E-state index < -0.39 is 0 Å². The Hall–Kier alpha value is -1.95. The van der Waals surface area contributed by atoms with Gasteiger partial charge < -0.3 is 10.2 Å². The lowest BCUT2D eigenvalue weighted by atomic mass is 10.1. The largest absolute Gasteiger partial charge is 0.352 e. The Kier molecular flexibility index (Phi) is 5.45. The van der Waals surface area contributed by atoms with Gasteiger partial charge in [-0.05, 0) is 31.7 Å². The Balaban J connectivity index is 1.68. The van der Waals surface area contributed by atoms with Crippen LogP contribution in [0.2, 0.25) is 0 Å². The van der Waals surface area contributed by atoms with Gasteiger partial charge in [-0.1, -0.05) is 37.3 Å². The first-order valence-corrected chi connectivity index (χ1v) is 9.38. The van der Waals surface area contributed by atoms with E-state index >= 15 is 0 Å². The molecule has 2 heterocycles. The number of carbonyl (C=O) groups is 1. The number of aromatic nitrogens is 2. The second-order valence-electron chi connectivity index (χ2n) is 6.32. The average Bonchev–Trinajstić information content (AvgIpc) is 3.24. The molecule has 1 aromatic carbocycles. The Labute approximate surface area is 147 Å². The normalized spacial score (nSPS) is 18.6. The van der Waals surface area contributed by atoms with Crippen LogP contribution in [-0.4, -0.2) is 33.9 Å². The van der Waals surface area contributed by atoms with Crippen LogP contribution in [0, 0.1) is 0 Å². The Morgan fingerprint density at radius 2 is 2.21 bits per heavy atom. The average molecular weight is 344 g/mol. The van der Waals surface area contributed by atoms with Crippen molar-refractivity contribution in [2.45, 2.75) is 51.6 Å². The number of nitrogens with zero attached hydrogens (tertiary/aromatic N) is 3. The number of carbonyl (C=O) groups excluding carboxylic acids is 1. The zero-order valence-corrected chi connectivity index (χ0v) is 15.1. The maximum Gasteiger partial charge on any atom is 0.242 e. The van der Waals surface area contributed by atoms with Crippen LogP contribution in [0.15, 0.2) is 30.3 Å². The molecule has 3 rings (SSSR count). The molecule has 1 aromatic heterocycles. The van der Waals surface area contributed by atoms with Gasteiger partial charge in [0.05, 0.1) is 0 Å². The maximum atomic E-state index is 12.5. The van der Waals surface area contributed by atoms with Crippen molar-refractivity contribution in [1.29, 1.82) is 0 Å². The van der Waals surface area contributed by atoms with E-state index in [0.717, 1.165) is 43.2 Å². The minimum Gasteiger partial charge on any atom is -0.352 e. The van der Waals surface area contributed by atoms with E-state index in [4.69, 9.17) is 0 Å². The molecule has 0 spiro atoms. The maximum absolute atomic E-state index is 12.5. The molecule has 6 heteroatoms. The highest BCUT2D eigenvalue weighted by molar-refractivity contribution is 7.09. The number of benzene rings is 1. The van der Waals surface area contributed by atoms with Gasteiger partial charge in [0.1, 0.15) is 11.9 Å². The summed E-state index contributed by atoms with van der Waals surface area (Å²) in [7, 11) is 0. The Morgan fingerprint density at radius 1 is 1.42 bits per heavy atom. The van der Waals surface area contributed by atoms with E-state index in [1.807, 2.05) is 25.1 Å². The van der Waals surface area contributed by atoms with Crippen LogP contribution < -0.4 is 10.2 Å². The molecule has 0 bridgehead atoms. The number of rotatable bonds is 6. The molecule has 0 radical (unpaired) electrons. The Morgan fingerprint density at radius 3 is 2.96 bits per heavy atom. The fraction of sp³-hybridized carbons (Fsp3) is 0.500. The van der Waals surface area contributed by atoms with Gasteiger partial charge in [0.2, 0.25) is 11.0 Å². The quantitative estimate of drug-likeness (QED) is 0.875. The summed E-state index contributed by atoms with van der Waals surface area (Å²) >= 11 is 1.40. The van der Waals surface area contributed by atoms with Gasteiger partial charge in [-0.25, -0.2) is 4.98 Å². The Bertz CT molecular complexity index is 673. The third-order valence-corrected chi connectivity index (χ3v) is 5.26. The number of hydrogen-bond donors (Lipinski definition) is 1. The van der Waals surface area contributed by atoms with Crippen LogP contribution in [0.3, 0.4) is 0 Å². The molecule has 24 heavy (non-hydrogen) atoms.